The van der Waals surface area contributed by atoms with Gasteiger partial charge < -0.3 is 19.7 Å². The molecule has 11 heteroatoms. The van der Waals surface area contributed by atoms with E-state index >= 15 is 8.78 Å². The lowest BCUT2D eigenvalue weighted by Gasteiger charge is -2.38. The highest BCUT2D eigenvalue weighted by molar-refractivity contribution is 5.95. The number of likely N-dealkylation sites (tertiary alicyclic amines) is 1. The van der Waals surface area contributed by atoms with E-state index in [9.17, 15) is 14.9 Å². The highest BCUT2D eigenvalue weighted by Crippen LogP contribution is 2.48. The fourth-order valence-corrected chi connectivity index (χ4v) is 5.61. The van der Waals surface area contributed by atoms with Gasteiger partial charge in [-0.15, -0.1) is 0 Å². The zero-order valence-electron chi connectivity index (χ0n) is 25.4. The topological polar surface area (TPSA) is 117 Å². The Hall–Kier alpha value is -4.59. The quantitative estimate of drug-likeness (QED) is 0.316. The van der Waals surface area contributed by atoms with Crippen LogP contribution in [0.3, 0.4) is 0 Å². The highest BCUT2D eigenvalue weighted by atomic mass is 19.3. The number of piperidine rings is 1. The van der Waals surface area contributed by atoms with Crippen molar-refractivity contribution < 1.29 is 27.8 Å². The number of amides is 2. The van der Waals surface area contributed by atoms with Gasteiger partial charge in [-0.25, -0.2) is 18.6 Å². The number of carbonyl (C=O) groups is 2. The average Bonchev–Trinajstić information content (AvgIpc) is 3.92. The third kappa shape index (κ3) is 7.06. The van der Waals surface area contributed by atoms with E-state index in [1.807, 2.05) is 12.3 Å². The fourth-order valence-electron chi connectivity index (χ4n) is 5.61. The second-order valence-electron chi connectivity index (χ2n) is 13.0. The lowest BCUT2D eigenvalue weighted by atomic mass is 10.0. The molecule has 3 aromatic rings. The maximum absolute atomic E-state index is 15.1. The molecule has 1 N–H and O–H groups in total. The van der Waals surface area contributed by atoms with Crippen molar-refractivity contribution in [1.82, 2.24) is 14.9 Å². The molecule has 234 valence electrons. The van der Waals surface area contributed by atoms with Crippen LogP contribution in [0.1, 0.15) is 75.1 Å². The molecule has 3 fully saturated rings. The van der Waals surface area contributed by atoms with Gasteiger partial charge in [0, 0.05) is 42.9 Å². The van der Waals surface area contributed by atoms with Crippen LogP contribution in [-0.2, 0) is 9.53 Å². The zero-order valence-corrected chi connectivity index (χ0v) is 25.4. The number of nitriles is 1. The minimum Gasteiger partial charge on any atom is -0.483 e. The van der Waals surface area contributed by atoms with Gasteiger partial charge in [-0.1, -0.05) is 12.1 Å². The van der Waals surface area contributed by atoms with Crippen LogP contribution in [0, 0.1) is 17.2 Å². The van der Waals surface area contributed by atoms with Crippen LogP contribution in [0.4, 0.5) is 19.4 Å². The van der Waals surface area contributed by atoms with Gasteiger partial charge in [0.15, 0.2) is 6.10 Å². The normalized spacial score (nSPS) is 22.2. The second-order valence-corrected chi connectivity index (χ2v) is 13.0. The number of aromatic nitrogens is 2. The Morgan fingerprint density at radius 1 is 1.07 bits per heavy atom. The van der Waals surface area contributed by atoms with Crippen molar-refractivity contribution in [2.24, 2.45) is 5.92 Å². The van der Waals surface area contributed by atoms with Gasteiger partial charge in [-0.05, 0) is 93.0 Å². The Kier molecular flexibility index (Phi) is 7.93. The molecule has 2 aromatic heterocycles. The van der Waals surface area contributed by atoms with Crippen molar-refractivity contribution in [3.05, 3.63) is 71.7 Å². The second kappa shape index (κ2) is 11.7. The Balaban J connectivity index is 1.09. The lowest BCUT2D eigenvalue weighted by Crippen LogP contribution is -2.56. The Bertz CT molecular complexity index is 1650. The summed E-state index contributed by atoms with van der Waals surface area (Å²) in [5.41, 5.74) is 2.80. The number of carbonyl (C=O) groups excluding carboxylic acids is 2. The summed E-state index contributed by atoms with van der Waals surface area (Å²) >= 11 is 0. The highest BCUT2D eigenvalue weighted by Gasteiger charge is 2.49. The summed E-state index contributed by atoms with van der Waals surface area (Å²) in [6, 6.07) is 14.3. The molecule has 2 saturated carbocycles. The first-order valence-electron chi connectivity index (χ1n) is 15.2. The molecule has 2 aliphatic carbocycles. The largest absolute Gasteiger partial charge is 0.483 e. The molecule has 0 spiro atoms. The fraction of sp³-hybridized carbons (Fsp3) is 0.441. The van der Waals surface area contributed by atoms with E-state index in [1.54, 1.807) is 51.2 Å². The molecule has 2 amide bonds. The molecule has 1 saturated heterocycles. The number of pyridine rings is 2. The molecule has 0 bridgehead atoms. The molecule has 9 nitrogen and oxygen atoms in total. The maximum Gasteiger partial charge on any atom is 0.410 e. The number of ether oxygens (including phenoxy) is 2. The van der Waals surface area contributed by atoms with E-state index in [1.165, 1.54) is 18.9 Å². The number of benzene rings is 1. The van der Waals surface area contributed by atoms with Crippen molar-refractivity contribution in [3.63, 3.8) is 0 Å². The van der Waals surface area contributed by atoms with Crippen molar-refractivity contribution in [3.8, 4) is 22.9 Å². The molecule has 3 atom stereocenters. The number of hydrogen-bond acceptors (Lipinski definition) is 7. The SMILES string of the molecule is CC(C)(C)OC(=O)N1CC[C@H](Oc2ccc(-c3ccnc(NC(=O)[C@@H]4C[C@H]4c4ccc(C5CC5)nc4)c3)cc2C#N)C(F)(F)C1. The molecule has 3 heterocycles. The van der Waals surface area contributed by atoms with Crippen molar-refractivity contribution >= 4 is 17.8 Å². The molecule has 45 heavy (non-hydrogen) atoms. The van der Waals surface area contributed by atoms with Crippen LogP contribution in [-0.4, -0.2) is 57.6 Å². The minimum absolute atomic E-state index is 0.0265. The van der Waals surface area contributed by atoms with Crippen molar-refractivity contribution in [2.45, 2.75) is 75.9 Å². The molecule has 6 rings (SSSR count). The summed E-state index contributed by atoms with van der Waals surface area (Å²) in [5.74, 6) is -2.49. The molecule has 0 radical (unpaired) electrons. The van der Waals surface area contributed by atoms with E-state index in [4.69, 9.17) is 9.47 Å². The van der Waals surface area contributed by atoms with Gasteiger partial charge in [-0.2, -0.15) is 5.26 Å². The molecule has 1 aliphatic heterocycles. The average molecular weight is 616 g/mol. The molecular formula is C34H35F2N5O4. The number of hydrogen-bond donors (Lipinski definition) is 1. The summed E-state index contributed by atoms with van der Waals surface area (Å²) in [5, 5.41) is 12.7. The van der Waals surface area contributed by atoms with Crippen LogP contribution in [0.15, 0.2) is 54.9 Å². The van der Waals surface area contributed by atoms with Gasteiger partial charge >= 0.3 is 12.0 Å². The Morgan fingerprint density at radius 2 is 1.84 bits per heavy atom. The van der Waals surface area contributed by atoms with Crippen LogP contribution >= 0.6 is 0 Å². The summed E-state index contributed by atoms with van der Waals surface area (Å²) in [6.07, 6.45) is 4.14. The first-order valence-corrected chi connectivity index (χ1v) is 15.2. The van der Waals surface area contributed by atoms with Crippen LogP contribution in [0.25, 0.3) is 11.1 Å². The molecule has 0 unspecified atom stereocenters. The Morgan fingerprint density at radius 3 is 2.51 bits per heavy atom. The summed E-state index contributed by atoms with van der Waals surface area (Å²) < 4.78 is 41.0. The monoisotopic (exact) mass is 615 g/mol. The summed E-state index contributed by atoms with van der Waals surface area (Å²) in [6.45, 7) is 4.21. The molecule has 3 aliphatic rings. The Labute approximate surface area is 260 Å². The van der Waals surface area contributed by atoms with Crippen molar-refractivity contribution in [1.29, 1.82) is 5.26 Å². The molecule has 1 aromatic carbocycles. The number of nitrogens with zero attached hydrogens (tertiary/aromatic N) is 4. The third-order valence-electron chi connectivity index (χ3n) is 8.26. The number of halogens is 2. The van der Waals surface area contributed by atoms with E-state index in [2.05, 4.69) is 27.4 Å². The van der Waals surface area contributed by atoms with Gasteiger partial charge in [0.05, 0.1) is 12.1 Å². The summed E-state index contributed by atoms with van der Waals surface area (Å²) in [4.78, 5) is 35.1. The van der Waals surface area contributed by atoms with Gasteiger partial charge in [0.1, 0.15) is 23.2 Å². The first kappa shape index (κ1) is 30.4. The predicted molar refractivity (Wildman–Crippen MR) is 162 cm³/mol. The minimum atomic E-state index is -3.35. The predicted octanol–water partition coefficient (Wildman–Crippen LogP) is 6.66. The molecular weight excluding hydrogens is 580 g/mol. The number of nitrogens with one attached hydrogen (secondary N) is 1. The number of rotatable bonds is 7. The van der Waals surface area contributed by atoms with Crippen LogP contribution in [0.5, 0.6) is 5.75 Å². The third-order valence-corrected chi connectivity index (χ3v) is 8.26. The smallest absolute Gasteiger partial charge is 0.410 e. The first-order chi connectivity index (χ1) is 21.4. The van der Waals surface area contributed by atoms with Gasteiger partial charge in [0.2, 0.25) is 5.91 Å². The van der Waals surface area contributed by atoms with Crippen molar-refractivity contribution in [2.75, 3.05) is 18.4 Å². The zero-order chi connectivity index (χ0) is 31.9. The van der Waals surface area contributed by atoms with E-state index in [0.29, 0.717) is 22.9 Å². The lowest BCUT2D eigenvalue weighted by molar-refractivity contribution is -0.137. The summed E-state index contributed by atoms with van der Waals surface area (Å²) in [7, 11) is 0. The van der Waals surface area contributed by atoms with Crippen LogP contribution < -0.4 is 10.1 Å². The van der Waals surface area contributed by atoms with E-state index in [-0.39, 0.29) is 42.0 Å². The standard InChI is InChI=1S/C34H35F2N5O4/c1-33(2,3)45-32(43)41-13-11-29(34(35,36)19-41)44-28-9-7-21(14-24(28)17-37)22-10-12-38-30(15-22)40-31(42)26-16-25(26)23-6-8-27(39-18-23)20-4-5-20/h6-10,12,14-15,18,20,25-26,29H,4-5,11,13,16,19H2,1-3H3,(H,38,40,42)/t25-,26+,29-/m0/s1. The number of alkyl halides is 2. The maximum atomic E-state index is 15.1. The van der Waals surface area contributed by atoms with Crippen LogP contribution in [0.2, 0.25) is 0 Å². The van der Waals surface area contributed by atoms with E-state index in [0.717, 1.165) is 22.6 Å². The van der Waals surface area contributed by atoms with E-state index < -0.39 is 30.3 Å². The van der Waals surface area contributed by atoms with Gasteiger partial charge in [0.25, 0.3) is 0 Å². The number of anilines is 1. The van der Waals surface area contributed by atoms with Gasteiger partial charge in [-0.3, -0.25) is 9.78 Å².